The molecular weight excluding hydrogens is 182 g/mol. The Hall–Kier alpha value is -0.560. The Morgan fingerprint density at radius 1 is 1.47 bits per heavy atom. The van der Waals surface area contributed by atoms with Crippen LogP contribution in [-0.2, 0) is 0 Å². The molecule has 2 aliphatic carbocycles. The van der Waals surface area contributed by atoms with Gasteiger partial charge in [0.2, 0.25) is 0 Å². The second-order valence-electron chi connectivity index (χ2n) is 5.93. The molecule has 1 saturated heterocycles. The molecule has 3 rings (SSSR count). The van der Waals surface area contributed by atoms with Gasteiger partial charge in [-0.05, 0) is 46.0 Å². The van der Waals surface area contributed by atoms with Crippen molar-refractivity contribution in [1.29, 1.82) is 0 Å². The molecule has 0 radical (unpaired) electrons. The highest BCUT2D eigenvalue weighted by molar-refractivity contribution is 5.41. The van der Waals surface area contributed by atoms with Crippen molar-refractivity contribution >= 4 is 0 Å². The van der Waals surface area contributed by atoms with Crippen molar-refractivity contribution in [3.63, 3.8) is 0 Å². The van der Waals surface area contributed by atoms with Crippen LogP contribution in [0.5, 0.6) is 0 Å². The SMILES string of the molecule is C=C1CC/C=C(\C)CC[C@@]23NC2(C)C[C@H]13. The monoisotopic (exact) mass is 203 g/mol. The van der Waals surface area contributed by atoms with Crippen LogP contribution in [0.1, 0.15) is 46.0 Å². The molecular formula is C14H21N. The summed E-state index contributed by atoms with van der Waals surface area (Å²) in [4.78, 5) is 0. The molecule has 1 unspecified atom stereocenters. The summed E-state index contributed by atoms with van der Waals surface area (Å²) in [6.45, 7) is 8.96. The van der Waals surface area contributed by atoms with Gasteiger partial charge >= 0.3 is 0 Å². The minimum absolute atomic E-state index is 0.448. The van der Waals surface area contributed by atoms with Gasteiger partial charge in [-0.25, -0.2) is 0 Å². The van der Waals surface area contributed by atoms with E-state index < -0.39 is 0 Å². The minimum atomic E-state index is 0.448. The molecule has 1 heterocycles. The van der Waals surface area contributed by atoms with Crippen LogP contribution >= 0.6 is 0 Å². The zero-order chi connectivity index (χ0) is 10.7. The van der Waals surface area contributed by atoms with Gasteiger partial charge in [-0.2, -0.15) is 0 Å². The summed E-state index contributed by atoms with van der Waals surface area (Å²) in [5.41, 5.74) is 3.97. The standard InChI is InChI=1S/C14H21N/c1-10-5-4-6-11(2)12-9-13(3)14(12,15-13)8-7-10/h5,12,15H,2,4,6-9H2,1,3H3/b10-5+/t12-,13?,14+/m1/s1. The first kappa shape index (κ1) is 9.65. The van der Waals surface area contributed by atoms with Gasteiger partial charge < -0.3 is 5.32 Å². The maximum atomic E-state index is 4.30. The number of allylic oxidation sites excluding steroid dienone is 2. The van der Waals surface area contributed by atoms with E-state index >= 15 is 0 Å². The van der Waals surface area contributed by atoms with Crippen LogP contribution in [0.15, 0.2) is 23.8 Å². The van der Waals surface area contributed by atoms with Gasteiger partial charge in [0.25, 0.3) is 0 Å². The first-order valence-corrected chi connectivity index (χ1v) is 6.20. The first-order chi connectivity index (χ1) is 7.07. The third kappa shape index (κ3) is 1.13. The summed E-state index contributed by atoms with van der Waals surface area (Å²) in [6, 6.07) is 0. The largest absolute Gasteiger partial charge is 0.302 e. The molecule has 3 aliphatic rings. The minimum Gasteiger partial charge on any atom is -0.302 e. The van der Waals surface area contributed by atoms with E-state index in [9.17, 15) is 0 Å². The number of nitrogens with one attached hydrogen (secondary N) is 1. The Balaban J connectivity index is 1.85. The molecule has 0 amide bonds. The summed E-state index contributed by atoms with van der Waals surface area (Å²) >= 11 is 0. The summed E-state index contributed by atoms with van der Waals surface area (Å²) in [7, 11) is 0. The van der Waals surface area contributed by atoms with E-state index in [0.717, 1.165) is 5.92 Å². The van der Waals surface area contributed by atoms with Crippen LogP contribution in [-0.4, -0.2) is 11.1 Å². The lowest BCUT2D eigenvalue weighted by molar-refractivity contribution is 0.236. The highest BCUT2D eigenvalue weighted by Crippen LogP contribution is 2.65. The van der Waals surface area contributed by atoms with E-state index in [1.165, 1.54) is 37.7 Å². The fourth-order valence-corrected chi connectivity index (χ4v) is 3.80. The van der Waals surface area contributed by atoms with Gasteiger partial charge in [0.05, 0.1) is 0 Å². The van der Waals surface area contributed by atoms with Gasteiger partial charge in [0.1, 0.15) is 0 Å². The lowest BCUT2D eigenvalue weighted by Crippen LogP contribution is -2.45. The molecule has 0 bridgehead atoms. The topological polar surface area (TPSA) is 21.9 Å². The molecule has 1 heteroatoms. The third-order valence-electron chi connectivity index (χ3n) is 4.99. The molecule has 3 atom stereocenters. The molecule has 0 aromatic carbocycles. The van der Waals surface area contributed by atoms with Gasteiger partial charge in [-0.3, -0.25) is 0 Å². The lowest BCUT2D eigenvalue weighted by atomic mass is 9.61. The second-order valence-corrected chi connectivity index (χ2v) is 5.93. The van der Waals surface area contributed by atoms with Crippen molar-refractivity contribution in [2.75, 3.05) is 0 Å². The predicted octanol–water partition coefficient (Wildman–Crippen LogP) is 3.18. The van der Waals surface area contributed by atoms with Gasteiger partial charge in [-0.15, -0.1) is 0 Å². The molecule has 1 spiro atoms. The predicted molar refractivity (Wildman–Crippen MR) is 63.7 cm³/mol. The van der Waals surface area contributed by atoms with E-state index in [1.807, 2.05) is 0 Å². The second kappa shape index (κ2) is 2.76. The van der Waals surface area contributed by atoms with Gasteiger partial charge in [0, 0.05) is 17.0 Å². The summed E-state index contributed by atoms with van der Waals surface area (Å²) < 4.78 is 0. The van der Waals surface area contributed by atoms with E-state index in [1.54, 1.807) is 5.57 Å². The summed E-state index contributed by atoms with van der Waals surface area (Å²) in [5.74, 6) is 0.766. The molecule has 15 heavy (non-hydrogen) atoms. The van der Waals surface area contributed by atoms with Crippen molar-refractivity contribution < 1.29 is 0 Å². The maximum absolute atomic E-state index is 4.30. The molecule has 0 aromatic rings. The van der Waals surface area contributed by atoms with Gasteiger partial charge in [-0.1, -0.05) is 23.8 Å². The summed E-state index contributed by atoms with van der Waals surface area (Å²) in [5, 5.41) is 3.76. The normalized spacial score (nSPS) is 52.3. The Kier molecular flexibility index (Phi) is 1.78. The van der Waals surface area contributed by atoms with Crippen LogP contribution in [0, 0.1) is 5.92 Å². The van der Waals surface area contributed by atoms with E-state index in [-0.39, 0.29) is 0 Å². The molecule has 1 nitrogen and oxygen atoms in total. The first-order valence-electron chi connectivity index (χ1n) is 6.20. The highest BCUT2D eigenvalue weighted by atomic mass is 15.3. The van der Waals surface area contributed by atoms with Crippen LogP contribution in [0.3, 0.4) is 0 Å². The maximum Gasteiger partial charge on any atom is 0.0436 e. The molecule has 2 fully saturated rings. The van der Waals surface area contributed by atoms with E-state index in [4.69, 9.17) is 0 Å². The molecule has 0 aromatic heterocycles. The highest BCUT2D eigenvalue weighted by Gasteiger charge is 2.75. The van der Waals surface area contributed by atoms with Crippen LogP contribution in [0.4, 0.5) is 0 Å². The lowest BCUT2D eigenvalue weighted by Gasteiger charge is -2.40. The average Bonchev–Trinajstić information content (AvgIpc) is 2.61. The van der Waals surface area contributed by atoms with Crippen LogP contribution in [0.25, 0.3) is 0 Å². The fraction of sp³-hybridized carbons (Fsp3) is 0.714. The van der Waals surface area contributed by atoms with Crippen molar-refractivity contribution in [2.45, 2.75) is 57.0 Å². The van der Waals surface area contributed by atoms with Crippen LogP contribution in [0.2, 0.25) is 0 Å². The Morgan fingerprint density at radius 3 is 2.93 bits per heavy atom. The number of rotatable bonds is 0. The van der Waals surface area contributed by atoms with Crippen molar-refractivity contribution in [1.82, 2.24) is 5.32 Å². The quantitative estimate of drug-likeness (QED) is 0.474. The van der Waals surface area contributed by atoms with Crippen molar-refractivity contribution in [2.24, 2.45) is 5.92 Å². The Bertz CT molecular complexity index is 354. The van der Waals surface area contributed by atoms with E-state index in [2.05, 4.69) is 31.8 Å². The van der Waals surface area contributed by atoms with Gasteiger partial charge in [0.15, 0.2) is 0 Å². The molecule has 1 N–H and O–H groups in total. The number of hydrogen-bond donors (Lipinski definition) is 1. The molecule has 82 valence electrons. The van der Waals surface area contributed by atoms with Crippen LogP contribution < -0.4 is 5.32 Å². The smallest absolute Gasteiger partial charge is 0.0436 e. The zero-order valence-corrected chi connectivity index (χ0v) is 9.90. The molecule has 1 saturated carbocycles. The van der Waals surface area contributed by atoms with Crippen molar-refractivity contribution in [3.05, 3.63) is 23.8 Å². The summed E-state index contributed by atoms with van der Waals surface area (Å²) in [6.07, 6.45) is 8.72. The average molecular weight is 203 g/mol. The third-order valence-corrected chi connectivity index (χ3v) is 4.99. The zero-order valence-electron chi connectivity index (χ0n) is 9.90. The Labute approximate surface area is 92.6 Å². The number of hydrogen-bond acceptors (Lipinski definition) is 1. The van der Waals surface area contributed by atoms with E-state index in [0.29, 0.717) is 11.1 Å². The molecule has 1 aliphatic heterocycles. The fourth-order valence-electron chi connectivity index (χ4n) is 3.80. The van der Waals surface area contributed by atoms with Crippen molar-refractivity contribution in [3.8, 4) is 0 Å². The Morgan fingerprint density at radius 2 is 2.27 bits per heavy atom.